The fourth-order valence-electron chi connectivity index (χ4n) is 2.89. The van der Waals surface area contributed by atoms with Gasteiger partial charge in [0, 0.05) is 48.7 Å². The number of hydrogen-bond donors (Lipinski definition) is 0. The predicted molar refractivity (Wildman–Crippen MR) is 106 cm³/mol. The van der Waals surface area contributed by atoms with Gasteiger partial charge in [-0.1, -0.05) is 11.6 Å². The predicted octanol–water partition coefficient (Wildman–Crippen LogP) is 3.31. The smallest absolute Gasteiger partial charge is 0.257 e. The van der Waals surface area contributed by atoms with Crippen LogP contribution in [0.15, 0.2) is 36.7 Å². The molecule has 1 aromatic heterocycles. The van der Waals surface area contributed by atoms with Gasteiger partial charge in [0.2, 0.25) is 0 Å². The Hall–Kier alpha value is -1.38. The minimum Gasteiger partial charge on any atom is -0.496 e. The molecule has 0 saturated carbocycles. The van der Waals surface area contributed by atoms with Crippen LogP contribution in [0.5, 0.6) is 5.75 Å². The lowest BCUT2D eigenvalue weighted by Crippen LogP contribution is -2.48. The van der Waals surface area contributed by atoms with E-state index >= 15 is 0 Å². The first kappa shape index (κ1) is 18.4. The molecule has 0 radical (unpaired) electrons. The normalized spacial score (nSPS) is 15.2. The fourth-order valence-corrected chi connectivity index (χ4v) is 3.49. The Morgan fingerprint density at radius 3 is 2.56 bits per heavy atom. The van der Waals surface area contributed by atoms with Gasteiger partial charge in [0.25, 0.3) is 5.91 Å². The highest BCUT2D eigenvalue weighted by Gasteiger charge is 2.25. The van der Waals surface area contributed by atoms with Crippen LogP contribution in [0.25, 0.3) is 0 Å². The molecule has 1 aliphatic rings. The summed E-state index contributed by atoms with van der Waals surface area (Å²) in [6.45, 7) is 3.94. The van der Waals surface area contributed by atoms with E-state index in [4.69, 9.17) is 16.3 Å². The maximum absolute atomic E-state index is 12.9. The first-order valence-corrected chi connectivity index (χ1v) is 9.47. The second-order valence-corrected chi connectivity index (χ2v) is 7.46. The van der Waals surface area contributed by atoms with E-state index in [1.54, 1.807) is 19.2 Å². The zero-order valence-corrected chi connectivity index (χ0v) is 16.8. The number of carbonyl (C=O) groups is 1. The largest absolute Gasteiger partial charge is 0.496 e. The van der Waals surface area contributed by atoms with Crippen molar-refractivity contribution >= 4 is 40.1 Å². The van der Waals surface area contributed by atoms with Gasteiger partial charge < -0.3 is 9.64 Å². The Labute approximate surface area is 166 Å². The maximum Gasteiger partial charge on any atom is 0.257 e. The average molecular weight is 472 g/mol. The lowest BCUT2D eigenvalue weighted by molar-refractivity contribution is 0.0625. The minimum atomic E-state index is -0.0290. The second-order valence-electron chi connectivity index (χ2n) is 5.89. The number of pyridine rings is 1. The van der Waals surface area contributed by atoms with Gasteiger partial charge in [-0.3, -0.25) is 14.7 Å². The van der Waals surface area contributed by atoms with Crippen LogP contribution in [-0.2, 0) is 6.54 Å². The molecule has 1 aliphatic heterocycles. The van der Waals surface area contributed by atoms with Crippen molar-refractivity contribution in [1.29, 1.82) is 0 Å². The molecule has 0 spiro atoms. The van der Waals surface area contributed by atoms with Crippen LogP contribution in [0.1, 0.15) is 15.9 Å². The number of aromatic nitrogens is 1. The van der Waals surface area contributed by atoms with Gasteiger partial charge in [0.1, 0.15) is 5.75 Å². The van der Waals surface area contributed by atoms with E-state index in [0.29, 0.717) is 29.4 Å². The Bertz CT molecular complexity index is 749. The van der Waals surface area contributed by atoms with Crippen LogP contribution in [0.3, 0.4) is 0 Å². The summed E-state index contributed by atoms with van der Waals surface area (Å²) in [5.74, 6) is 0.539. The van der Waals surface area contributed by atoms with E-state index in [-0.39, 0.29) is 5.91 Å². The van der Waals surface area contributed by atoms with Crippen LogP contribution >= 0.6 is 34.2 Å². The number of ether oxygens (including phenoxy) is 1. The van der Waals surface area contributed by atoms with Crippen molar-refractivity contribution in [2.45, 2.75) is 6.54 Å². The van der Waals surface area contributed by atoms with Gasteiger partial charge in [-0.05, 0) is 52.4 Å². The molecule has 25 heavy (non-hydrogen) atoms. The lowest BCUT2D eigenvalue weighted by atomic mass is 10.1. The summed E-state index contributed by atoms with van der Waals surface area (Å²) in [5, 5.41) is 0.570. The van der Waals surface area contributed by atoms with Crippen molar-refractivity contribution in [2.24, 2.45) is 0 Å². The van der Waals surface area contributed by atoms with Crippen molar-refractivity contribution in [3.8, 4) is 5.75 Å². The van der Waals surface area contributed by atoms with Gasteiger partial charge in [0.05, 0.1) is 17.7 Å². The van der Waals surface area contributed by atoms with Crippen LogP contribution in [0.2, 0.25) is 5.02 Å². The molecular weight excluding hydrogens is 453 g/mol. The van der Waals surface area contributed by atoms with Crippen LogP contribution in [-0.4, -0.2) is 54.0 Å². The third-order valence-electron chi connectivity index (χ3n) is 4.29. The van der Waals surface area contributed by atoms with E-state index < -0.39 is 0 Å². The maximum atomic E-state index is 12.9. The Balaban J connectivity index is 1.65. The van der Waals surface area contributed by atoms with E-state index in [0.717, 1.165) is 23.2 Å². The first-order chi connectivity index (χ1) is 12.1. The van der Waals surface area contributed by atoms with E-state index in [1.807, 2.05) is 29.4 Å². The Morgan fingerprint density at radius 2 is 1.92 bits per heavy atom. The molecule has 1 amide bonds. The van der Waals surface area contributed by atoms with E-state index in [2.05, 4.69) is 32.5 Å². The quantitative estimate of drug-likeness (QED) is 0.642. The first-order valence-electron chi connectivity index (χ1n) is 8.02. The van der Waals surface area contributed by atoms with Crippen molar-refractivity contribution in [3.05, 3.63) is 56.4 Å². The summed E-state index contributed by atoms with van der Waals surface area (Å²) in [5.41, 5.74) is 1.76. The van der Waals surface area contributed by atoms with Gasteiger partial charge >= 0.3 is 0 Å². The molecule has 0 bridgehead atoms. The van der Waals surface area contributed by atoms with Crippen molar-refractivity contribution in [2.75, 3.05) is 33.3 Å². The number of nitrogens with zero attached hydrogens (tertiary/aromatic N) is 3. The molecule has 1 saturated heterocycles. The molecule has 0 unspecified atom stereocenters. The Kier molecular flexibility index (Phi) is 6.14. The zero-order valence-electron chi connectivity index (χ0n) is 13.9. The number of rotatable bonds is 4. The molecular formula is C18H19ClIN3O2. The van der Waals surface area contributed by atoms with Gasteiger partial charge in [-0.2, -0.15) is 0 Å². The molecule has 3 rings (SSSR count). The number of methoxy groups -OCH3 is 1. The Morgan fingerprint density at radius 1 is 1.24 bits per heavy atom. The zero-order chi connectivity index (χ0) is 17.8. The summed E-state index contributed by atoms with van der Waals surface area (Å²) in [6, 6.07) is 7.55. The number of halogens is 2. The second kappa shape index (κ2) is 8.33. The van der Waals surface area contributed by atoms with Crippen molar-refractivity contribution in [3.63, 3.8) is 0 Å². The van der Waals surface area contributed by atoms with Crippen LogP contribution < -0.4 is 4.74 Å². The SMILES string of the molecule is COc1cc(I)c(Cl)cc1C(=O)N1CCN(Cc2ccncc2)CC1. The third kappa shape index (κ3) is 4.43. The summed E-state index contributed by atoms with van der Waals surface area (Å²) in [6.07, 6.45) is 3.61. The monoisotopic (exact) mass is 471 g/mol. The molecule has 7 heteroatoms. The fraction of sp³-hybridized carbons (Fsp3) is 0.333. The molecule has 2 heterocycles. The van der Waals surface area contributed by atoms with E-state index in [1.165, 1.54) is 5.56 Å². The summed E-state index contributed by atoms with van der Waals surface area (Å²) >= 11 is 8.33. The molecule has 1 fully saturated rings. The van der Waals surface area contributed by atoms with Crippen LogP contribution in [0, 0.1) is 3.57 Å². The highest BCUT2D eigenvalue weighted by atomic mass is 127. The molecule has 5 nitrogen and oxygen atoms in total. The van der Waals surface area contributed by atoms with Gasteiger partial charge in [-0.25, -0.2) is 0 Å². The molecule has 0 atom stereocenters. The van der Waals surface area contributed by atoms with Crippen LogP contribution in [0.4, 0.5) is 0 Å². The van der Waals surface area contributed by atoms with Gasteiger partial charge in [-0.15, -0.1) is 0 Å². The summed E-state index contributed by atoms with van der Waals surface area (Å²) in [7, 11) is 1.57. The number of hydrogen-bond acceptors (Lipinski definition) is 4. The summed E-state index contributed by atoms with van der Waals surface area (Å²) in [4.78, 5) is 21.1. The number of carbonyl (C=O) groups excluding carboxylic acids is 1. The number of piperazine rings is 1. The molecule has 2 aromatic rings. The number of benzene rings is 1. The van der Waals surface area contributed by atoms with E-state index in [9.17, 15) is 4.79 Å². The highest BCUT2D eigenvalue weighted by molar-refractivity contribution is 14.1. The van der Waals surface area contributed by atoms with Crippen molar-refractivity contribution < 1.29 is 9.53 Å². The average Bonchev–Trinajstić information content (AvgIpc) is 2.64. The number of amides is 1. The third-order valence-corrected chi connectivity index (χ3v) is 5.81. The molecule has 0 N–H and O–H groups in total. The molecule has 132 valence electrons. The molecule has 0 aliphatic carbocycles. The topological polar surface area (TPSA) is 45.7 Å². The standard InChI is InChI=1S/C18H19ClIN3O2/c1-25-17-11-16(20)15(19)10-14(17)18(24)23-8-6-22(7-9-23)12-13-2-4-21-5-3-13/h2-5,10-11H,6-9,12H2,1H3. The van der Waals surface area contributed by atoms with Gasteiger partial charge in [0.15, 0.2) is 0 Å². The van der Waals surface area contributed by atoms with Crippen molar-refractivity contribution in [1.82, 2.24) is 14.8 Å². The minimum absolute atomic E-state index is 0.0290. The lowest BCUT2D eigenvalue weighted by Gasteiger charge is -2.35. The summed E-state index contributed by atoms with van der Waals surface area (Å²) < 4.78 is 6.24. The highest BCUT2D eigenvalue weighted by Crippen LogP contribution is 2.29. The molecule has 1 aromatic carbocycles.